The SMILES string of the molecule is CC(C)(C)OC(=O)N1CCC[C@H]1C(=O)N1CCC(C(=O)N[C@@H](C(=O)O)C2CCCC2)(c2ccc(Br)cc2)CC1. The first-order chi connectivity index (χ1) is 18.4. The van der Waals surface area contributed by atoms with E-state index in [1.165, 1.54) is 4.90 Å². The summed E-state index contributed by atoms with van der Waals surface area (Å²) in [6, 6.07) is 6.05. The Hall–Kier alpha value is -2.62. The average molecular weight is 607 g/mol. The molecule has 1 aromatic carbocycles. The molecule has 39 heavy (non-hydrogen) atoms. The fraction of sp³-hybridized carbons (Fsp3) is 0.655. The number of carbonyl (C=O) groups excluding carboxylic acids is 3. The molecule has 2 aliphatic heterocycles. The molecule has 0 unspecified atom stereocenters. The molecule has 4 rings (SSSR count). The molecule has 3 fully saturated rings. The van der Waals surface area contributed by atoms with Crippen LogP contribution in [-0.4, -0.2) is 76.1 Å². The second kappa shape index (κ2) is 11.9. The molecule has 2 N–H and O–H groups in total. The number of hydrogen-bond acceptors (Lipinski definition) is 5. The van der Waals surface area contributed by atoms with E-state index in [2.05, 4.69) is 21.2 Å². The number of carboxylic acid groups (broad SMARTS) is 1. The average Bonchev–Trinajstić information content (AvgIpc) is 3.59. The monoisotopic (exact) mass is 605 g/mol. The molecule has 0 radical (unpaired) electrons. The molecule has 2 atom stereocenters. The number of nitrogens with zero attached hydrogens (tertiary/aromatic N) is 2. The number of piperidine rings is 1. The topological polar surface area (TPSA) is 116 Å². The van der Waals surface area contributed by atoms with Gasteiger partial charge in [-0.2, -0.15) is 0 Å². The van der Waals surface area contributed by atoms with Crippen LogP contribution in [0.5, 0.6) is 0 Å². The van der Waals surface area contributed by atoms with Gasteiger partial charge in [-0.1, -0.05) is 40.9 Å². The van der Waals surface area contributed by atoms with E-state index in [4.69, 9.17) is 4.74 Å². The van der Waals surface area contributed by atoms with Gasteiger partial charge in [0.25, 0.3) is 0 Å². The summed E-state index contributed by atoms with van der Waals surface area (Å²) in [5.41, 5.74) is -0.797. The molecule has 0 bridgehead atoms. The second-order valence-corrected chi connectivity index (χ2v) is 13.0. The van der Waals surface area contributed by atoms with Gasteiger partial charge < -0.3 is 20.1 Å². The van der Waals surface area contributed by atoms with Gasteiger partial charge in [-0.15, -0.1) is 0 Å². The Morgan fingerprint density at radius 2 is 1.62 bits per heavy atom. The van der Waals surface area contributed by atoms with Gasteiger partial charge in [0.1, 0.15) is 17.7 Å². The Balaban J connectivity index is 1.51. The zero-order valence-corrected chi connectivity index (χ0v) is 24.7. The van der Waals surface area contributed by atoms with Crippen LogP contribution >= 0.6 is 15.9 Å². The maximum absolute atomic E-state index is 13.9. The number of halogens is 1. The molecule has 10 heteroatoms. The van der Waals surface area contributed by atoms with Crippen molar-refractivity contribution in [2.24, 2.45) is 5.92 Å². The van der Waals surface area contributed by atoms with Crippen molar-refractivity contribution in [2.75, 3.05) is 19.6 Å². The highest BCUT2D eigenvalue weighted by molar-refractivity contribution is 9.10. The summed E-state index contributed by atoms with van der Waals surface area (Å²) in [6.07, 6.45) is 5.08. The molecular weight excluding hydrogens is 566 g/mol. The highest BCUT2D eigenvalue weighted by atomic mass is 79.9. The van der Waals surface area contributed by atoms with E-state index in [0.717, 1.165) is 42.1 Å². The predicted molar refractivity (Wildman–Crippen MR) is 149 cm³/mol. The van der Waals surface area contributed by atoms with Crippen molar-refractivity contribution in [3.63, 3.8) is 0 Å². The van der Waals surface area contributed by atoms with E-state index in [1.807, 2.05) is 24.3 Å². The normalized spacial score (nSPS) is 22.4. The number of nitrogens with one attached hydrogen (secondary N) is 1. The predicted octanol–water partition coefficient (Wildman–Crippen LogP) is 4.47. The number of likely N-dealkylation sites (tertiary alicyclic amines) is 2. The van der Waals surface area contributed by atoms with Gasteiger partial charge >= 0.3 is 12.1 Å². The number of carboxylic acids is 1. The minimum Gasteiger partial charge on any atom is -0.480 e. The van der Waals surface area contributed by atoms with Gasteiger partial charge in [0.2, 0.25) is 11.8 Å². The molecule has 1 aliphatic carbocycles. The van der Waals surface area contributed by atoms with Gasteiger partial charge in [0, 0.05) is 24.1 Å². The standard InChI is InChI=1S/C29H40BrN3O6/c1-28(2,3)39-27(38)33-16-6-9-22(33)24(34)32-17-14-29(15-18-32,20-10-12-21(30)13-11-20)26(37)31-23(25(35)36)19-7-4-5-8-19/h10-13,19,22-23H,4-9,14-18H2,1-3H3,(H,31,37)(H,35,36)/t22-,23+/m0/s1. The van der Waals surface area contributed by atoms with Crippen molar-refractivity contribution in [1.82, 2.24) is 15.1 Å². The third-order valence-corrected chi connectivity index (χ3v) is 8.88. The van der Waals surface area contributed by atoms with E-state index in [0.29, 0.717) is 38.9 Å². The largest absolute Gasteiger partial charge is 0.480 e. The van der Waals surface area contributed by atoms with Gasteiger partial charge in [0.05, 0.1) is 5.41 Å². The summed E-state index contributed by atoms with van der Waals surface area (Å²) in [6.45, 7) is 6.55. The number of carbonyl (C=O) groups is 4. The van der Waals surface area contributed by atoms with E-state index in [-0.39, 0.29) is 17.7 Å². The molecular formula is C29H40BrN3O6. The van der Waals surface area contributed by atoms with E-state index in [9.17, 15) is 24.3 Å². The first-order valence-electron chi connectivity index (χ1n) is 14.0. The number of aliphatic carboxylic acids is 1. The summed E-state index contributed by atoms with van der Waals surface area (Å²) in [7, 11) is 0. The van der Waals surface area contributed by atoms with Gasteiger partial charge in [-0.25, -0.2) is 9.59 Å². The van der Waals surface area contributed by atoms with Crippen LogP contribution in [0.25, 0.3) is 0 Å². The fourth-order valence-electron chi connectivity index (χ4n) is 6.25. The first kappa shape index (κ1) is 29.4. The number of amides is 3. The highest BCUT2D eigenvalue weighted by Gasteiger charge is 2.47. The smallest absolute Gasteiger partial charge is 0.410 e. The minimum absolute atomic E-state index is 0.0729. The van der Waals surface area contributed by atoms with Crippen LogP contribution < -0.4 is 5.32 Å². The summed E-state index contributed by atoms with van der Waals surface area (Å²) in [5, 5.41) is 12.8. The summed E-state index contributed by atoms with van der Waals surface area (Å²) < 4.78 is 6.41. The zero-order valence-electron chi connectivity index (χ0n) is 23.1. The molecule has 0 aromatic heterocycles. The molecule has 0 spiro atoms. The van der Waals surface area contributed by atoms with Crippen LogP contribution in [0.3, 0.4) is 0 Å². The Morgan fingerprint density at radius 1 is 1.00 bits per heavy atom. The molecule has 2 saturated heterocycles. The first-order valence-corrected chi connectivity index (χ1v) is 14.8. The molecule has 3 aliphatic rings. The summed E-state index contributed by atoms with van der Waals surface area (Å²) in [4.78, 5) is 55.7. The minimum atomic E-state index is -1.00. The van der Waals surface area contributed by atoms with E-state index < -0.39 is 35.2 Å². The van der Waals surface area contributed by atoms with Crippen LogP contribution in [0.4, 0.5) is 4.79 Å². The van der Waals surface area contributed by atoms with Crippen LogP contribution in [-0.2, 0) is 24.5 Å². The maximum Gasteiger partial charge on any atom is 0.410 e. The van der Waals surface area contributed by atoms with Crippen molar-refractivity contribution in [3.05, 3.63) is 34.3 Å². The quantitative estimate of drug-likeness (QED) is 0.494. The van der Waals surface area contributed by atoms with E-state index >= 15 is 0 Å². The van der Waals surface area contributed by atoms with Crippen molar-refractivity contribution >= 4 is 39.8 Å². The van der Waals surface area contributed by atoms with Gasteiger partial charge in [-0.3, -0.25) is 14.5 Å². The van der Waals surface area contributed by atoms with Gasteiger partial charge in [0.15, 0.2) is 0 Å². The highest BCUT2D eigenvalue weighted by Crippen LogP contribution is 2.38. The molecule has 3 amide bonds. The Kier molecular flexibility index (Phi) is 8.93. The fourth-order valence-corrected chi connectivity index (χ4v) is 6.51. The number of benzene rings is 1. The Labute approximate surface area is 238 Å². The van der Waals surface area contributed by atoms with Crippen LogP contribution in [0.15, 0.2) is 28.7 Å². The number of hydrogen-bond donors (Lipinski definition) is 2. The molecule has 1 saturated carbocycles. The molecule has 9 nitrogen and oxygen atoms in total. The van der Waals surface area contributed by atoms with Crippen molar-refractivity contribution < 1.29 is 29.0 Å². The number of ether oxygens (including phenoxy) is 1. The molecule has 1 aromatic rings. The van der Waals surface area contributed by atoms with Crippen molar-refractivity contribution in [3.8, 4) is 0 Å². The number of rotatable bonds is 6. The molecule has 214 valence electrons. The lowest BCUT2D eigenvalue weighted by Crippen LogP contribution is -2.58. The third kappa shape index (κ3) is 6.58. The van der Waals surface area contributed by atoms with Crippen molar-refractivity contribution in [1.29, 1.82) is 0 Å². The van der Waals surface area contributed by atoms with Crippen LogP contribution in [0, 0.1) is 5.92 Å². The van der Waals surface area contributed by atoms with Crippen molar-refractivity contribution in [2.45, 2.75) is 95.2 Å². The van der Waals surface area contributed by atoms with E-state index in [1.54, 1.807) is 25.7 Å². The Morgan fingerprint density at radius 3 is 2.18 bits per heavy atom. The lowest BCUT2D eigenvalue weighted by Gasteiger charge is -2.43. The van der Waals surface area contributed by atoms with Crippen LogP contribution in [0.1, 0.15) is 77.7 Å². The lowest BCUT2D eigenvalue weighted by molar-refractivity contribution is -0.145. The maximum atomic E-state index is 13.9. The second-order valence-electron chi connectivity index (χ2n) is 12.1. The summed E-state index contributed by atoms with van der Waals surface area (Å²) in [5.74, 6) is -1.50. The Bertz CT molecular complexity index is 1070. The third-order valence-electron chi connectivity index (χ3n) is 8.35. The summed E-state index contributed by atoms with van der Waals surface area (Å²) >= 11 is 3.46. The molecule has 2 heterocycles. The zero-order chi connectivity index (χ0) is 28.4. The van der Waals surface area contributed by atoms with Crippen LogP contribution in [0.2, 0.25) is 0 Å². The van der Waals surface area contributed by atoms with Gasteiger partial charge in [-0.05, 0) is 82.9 Å². The lowest BCUT2D eigenvalue weighted by atomic mass is 9.71.